The molecule has 5 heteroatoms. The van der Waals surface area contributed by atoms with Crippen molar-refractivity contribution >= 4 is 38.9 Å². The lowest BCUT2D eigenvalue weighted by atomic mass is 10.0. The van der Waals surface area contributed by atoms with Crippen molar-refractivity contribution in [3.63, 3.8) is 0 Å². The lowest BCUT2D eigenvalue weighted by Gasteiger charge is -2.11. The van der Waals surface area contributed by atoms with E-state index in [9.17, 15) is 4.39 Å². The van der Waals surface area contributed by atoms with Crippen molar-refractivity contribution in [1.82, 2.24) is 0 Å². The van der Waals surface area contributed by atoms with Gasteiger partial charge in [0.05, 0.1) is 0 Å². The van der Waals surface area contributed by atoms with Crippen molar-refractivity contribution in [3.8, 4) is 0 Å². The van der Waals surface area contributed by atoms with E-state index in [1.807, 2.05) is 5.38 Å². The third kappa shape index (κ3) is 3.79. The normalized spacial score (nSPS) is 12.7. The van der Waals surface area contributed by atoms with Gasteiger partial charge < -0.3 is 5.73 Å². The summed E-state index contributed by atoms with van der Waals surface area (Å²) in [6.45, 7) is 0. The van der Waals surface area contributed by atoms with E-state index < -0.39 is 0 Å². The second-order valence-corrected chi connectivity index (χ2v) is 6.45. The molecular formula is C13H12BrClFNS. The Morgan fingerprint density at radius 2 is 2.11 bits per heavy atom. The lowest BCUT2D eigenvalue weighted by molar-refractivity contribution is 0.624. The molecule has 1 nitrogen and oxygen atoms in total. The van der Waals surface area contributed by atoms with Crippen LogP contribution in [0.15, 0.2) is 34.1 Å². The SMILES string of the molecule is NC(Cc1cc(Br)cs1)Cc1ccc(F)cc1Cl. The van der Waals surface area contributed by atoms with Crippen LogP contribution < -0.4 is 5.73 Å². The highest BCUT2D eigenvalue weighted by Gasteiger charge is 2.10. The Morgan fingerprint density at radius 3 is 2.72 bits per heavy atom. The Balaban J connectivity index is 2.00. The summed E-state index contributed by atoms with van der Waals surface area (Å²) < 4.78 is 14.0. The van der Waals surface area contributed by atoms with Crippen molar-refractivity contribution in [2.45, 2.75) is 18.9 Å². The summed E-state index contributed by atoms with van der Waals surface area (Å²) in [7, 11) is 0. The summed E-state index contributed by atoms with van der Waals surface area (Å²) in [5, 5.41) is 2.48. The van der Waals surface area contributed by atoms with Gasteiger partial charge in [0.1, 0.15) is 5.82 Å². The minimum Gasteiger partial charge on any atom is -0.327 e. The van der Waals surface area contributed by atoms with Crippen molar-refractivity contribution < 1.29 is 4.39 Å². The third-order valence-electron chi connectivity index (χ3n) is 2.58. The van der Waals surface area contributed by atoms with E-state index in [4.69, 9.17) is 17.3 Å². The summed E-state index contributed by atoms with van der Waals surface area (Å²) in [6.07, 6.45) is 1.44. The Kier molecular flexibility index (Phi) is 4.78. The molecule has 0 amide bonds. The summed E-state index contributed by atoms with van der Waals surface area (Å²) >= 11 is 11.1. The minimum absolute atomic E-state index is 0.0153. The highest BCUT2D eigenvalue weighted by Crippen LogP contribution is 2.23. The molecule has 1 aromatic carbocycles. The summed E-state index contributed by atoms with van der Waals surface area (Å²) in [5.74, 6) is -0.320. The molecule has 1 unspecified atom stereocenters. The maximum atomic E-state index is 12.9. The fraction of sp³-hybridized carbons (Fsp3) is 0.231. The van der Waals surface area contributed by atoms with Crippen LogP contribution in [-0.4, -0.2) is 6.04 Å². The van der Waals surface area contributed by atoms with Crippen LogP contribution in [-0.2, 0) is 12.8 Å². The van der Waals surface area contributed by atoms with Gasteiger partial charge in [-0.25, -0.2) is 4.39 Å². The van der Waals surface area contributed by atoms with Crippen LogP contribution in [0.2, 0.25) is 5.02 Å². The van der Waals surface area contributed by atoms with Gasteiger partial charge in [-0.15, -0.1) is 11.3 Å². The molecule has 0 aliphatic heterocycles. The highest BCUT2D eigenvalue weighted by molar-refractivity contribution is 9.10. The highest BCUT2D eigenvalue weighted by atomic mass is 79.9. The summed E-state index contributed by atoms with van der Waals surface area (Å²) in [4.78, 5) is 1.23. The maximum absolute atomic E-state index is 12.9. The van der Waals surface area contributed by atoms with E-state index in [1.165, 1.54) is 17.0 Å². The molecule has 0 fully saturated rings. The Labute approximate surface area is 123 Å². The molecule has 1 heterocycles. The van der Waals surface area contributed by atoms with Crippen LogP contribution >= 0.6 is 38.9 Å². The first-order chi connectivity index (χ1) is 8.54. The Hall–Kier alpha value is -0.420. The number of hydrogen-bond donors (Lipinski definition) is 1. The average Bonchev–Trinajstić information content (AvgIpc) is 2.68. The molecule has 1 aromatic heterocycles. The first-order valence-corrected chi connectivity index (χ1v) is 7.52. The Bertz CT molecular complexity index is 544. The van der Waals surface area contributed by atoms with Gasteiger partial charge >= 0.3 is 0 Å². The number of rotatable bonds is 4. The van der Waals surface area contributed by atoms with Crippen LogP contribution in [0, 0.1) is 5.82 Å². The van der Waals surface area contributed by atoms with Crippen LogP contribution in [0.5, 0.6) is 0 Å². The van der Waals surface area contributed by atoms with Crippen molar-refractivity contribution in [3.05, 3.63) is 55.4 Å². The predicted molar refractivity (Wildman–Crippen MR) is 78.8 cm³/mol. The van der Waals surface area contributed by atoms with Crippen molar-refractivity contribution in [1.29, 1.82) is 0 Å². The van der Waals surface area contributed by atoms with Gasteiger partial charge in [-0.2, -0.15) is 0 Å². The molecule has 18 heavy (non-hydrogen) atoms. The molecule has 0 saturated carbocycles. The fourth-order valence-corrected chi connectivity index (χ4v) is 3.55. The maximum Gasteiger partial charge on any atom is 0.124 e. The van der Waals surface area contributed by atoms with Gasteiger partial charge in [0.2, 0.25) is 0 Å². The zero-order chi connectivity index (χ0) is 13.1. The zero-order valence-corrected chi connectivity index (χ0v) is 12.7. The fourth-order valence-electron chi connectivity index (χ4n) is 1.76. The summed E-state index contributed by atoms with van der Waals surface area (Å²) in [6, 6.07) is 6.48. The van der Waals surface area contributed by atoms with Gasteiger partial charge in [-0.1, -0.05) is 17.7 Å². The Morgan fingerprint density at radius 1 is 1.33 bits per heavy atom. The zero-order valence-electron chi connectivity index (χ0n) is 9.50. The van der Waals surface area contributed by atoms with Crippen LogP contribution in [0.4, 0.5) is 4.39 Å². The standard InChI is InChI=1S/C13H12BrClFNS/c14-9-4-12(18-7-9)6-11(17)3-8-1-2-10(16)5-13(8)15/h1-2,4-5,7,11H,3,6,17H2. The van der Waals surface area contributed by atoms with Gasteiger partial charge in [-0.3, -0.25) is 0 Å². The molecule has 0 aliphatic rings. The molecule has 2 N–H and O–H groups in total. The molecule has 0 aliphatic carbocycles. The molecule has 0 saturated heterocycles. The number of halogens is 3. The molecular weight excluding hydrogens is 337 g/mol. The molecule has 2 rings (SSSR count). The third-order valence-corrected chi connectivity index (χ3v) is 4.65. The number of thiophene rings is 1. The van der Waals surface area contributed by atoms with Crippen molar-refractivity contribution in [2.75, 3.05) is 0 Å². The topological polar surface area (TPSA) is 26.0 Å². The van der Waals surface area contributed by atoms with E-state index in [2.05, 4.69) is 22.0 Å². The monoisotopic (exact) mass is 347 g/mol. The number of hydrogen-bond acceptors (Lipinski definition) is 2. The molecule has 0 bridgehead atoms. The molecule has 96 valence electrons. The van der Waals surface area contributed by atoms with Crippen LogP contribution in [0.3, 0.4) is 0 Å². The average molecular weight is 349 g/mol. The largest absolute Gasteiger partial charge is 0.327 e. The number of benzene rings is 1. The minimum atomic E-state index is -0.320. The van der Waals surface area contributed by atoms with Crippen LogP contribution in [0.1, 0.15) is 10.4 Å². The predicted octanol–water partition coefficient (Wildman–Crippen LogP) is 4.42. The first kappa shape index (κ1) is 14.0. The smallest absolute Gasteiger partial charge is 0.124 e. The van der Waals surface area contributed by atoms with E-state index in [0.717, 1.165) is 16.5 Å². The molecule has 0 spiro atoms. The van der Waals surface area contributed by atoms with E-state index in [-0.39, 0.29) is 11.9 Å². The van der Waals surface area contributed by atoms with Gasteiger partial charge in [-0.05, 0) is 52.5 Å². The van der Waals surface area contributed by atoms with E-state index in [1.54, 1.807) is 17.4 Å². The van der Waals surface area contributed by atoms with Crippen LogP contribution in [0.25, 0.3) is 0 Å². The number of nitrogens with two attached hydrogens (primary N) is 1. The second kappa shape index (κ2) is 6.15. The lowest BCUT2D eigenvalue weighted by Crippen LogP contribution is -2.25. The van der Waals surface area contributed by atoms with Gasteiger partial charge in [0.15, 0.2) is 0 Å². The summed E-state index contributed by atoms with van der Waals surface area (Å²) in [5.41, 5.74) is 6.98. The van der Waals surface area contributed by atoms with E-state index in [0.29, 0.717) is 11.4 Å². The molecule has 0 radical (unpaired) electrons. The quantitative estimate of drug-likeness (QED) is 0.870. The molecule has 1 atom stereocenters. The molecule has 2 aromatic rings. The van der Waals surface area contributed by atoms with Crippen molar-refractivity contribution in [2.24, 2.45) is 5.73 Å². The van der Waals surface area contributed by atoms with E-state index >= 15 is 0 Å². The van der Waals surface area contributed by atoms with Gasteiger partial charge in [0.25, 0.3) is 0 Å². The second-order valence-electron chi connectivity index (χ2n) is 4.14. The van der Waals surface area contributed by atoms with Gasteiger partial charge in [0, 0.05) is 25.8 Å². The first-order valence-electron chi connectivity index (χ1n) is 5.47.